The van der Waals surface area contributed by atoms with Gasteiger partial charge in [0.25, 0.3) is 0 Å². The van der Waals surface area contributed by atoms with E-state index in [0.717, 1.165) is 0 Å². The fourth-order valence-electron chi connectivity index (χ4n) is 1.96. The van der Waals surface area contributed by atoms with Crippen molar-refractivity contribution in [3.63, 3.8) is 0 Å². The molecular formula is C16H25N3O4. The SMILES string of the molecule is COCCC(CC(=O)c1nccnc1C)NC(=O)OC(C)(C)C. The van der Waals surface area contributed by atoms with Gasteiger partial charge in [0.05, 0.1) is 5.69 Å². The van der Waals surface area contributed by atoms with Gasteiger partial charge in [-0.1, -0.05) is 0 Å². The Bertz CT molecular complexity index is 540. The van der Waals surface area contributed by atoms with Gasteiger partial charge in [-0.05, 0) is 34.1 Å². The predicted molar refractivity (Wildman–Crippen MR) is 85.4 cm³/mol. The lowest BCUT2D eigenvalue weighted by Gasteiger charge is -2.23. The average molecular weight is 323 g/mol. The Morgan fingerprint density at radius 2 is 1.91 bits per heavy atom. The molecule has 0 saturated carbocycles. The molecule has 0 aliphatic carbocycles. The highest BCUT2D eigenvalue weighted by Gasteiger charge is 2.23. The van der Waals surface area contributed by atoms with Gasteiger partial charge >= 0.3 is 6.09 Å². The van der Waals surface area contributed by atoms with Gasteiger partial charge in [0, 0.05) is 38.6 Å². The Morgan fingerprint density at radius 3 is 2.48 bits per heavy atom. The van der Waals surface area contributed by atoms with Gasteiger partial charge in [-0.15, -0.1) is 0 Å². The molecule has 23 heavy (non-hydrogen) atoms. The fraction of sp³-hybridized carbons (Fsp3) is 0.625. The number of aromatic nitrogens is 2. The Balaban J connectivity index is 2.72. The highest BCUT2D eigenvalue weighted by molar-refractivity contribution is 5.95. The number of hydrogen-bond donors (Lipinski definition) is 1. The van der Waals surface area contributed by atoms with Gasteiger partial charge < -0.3 is 14.8 Å². The molecule has 0 radical (unpaired) electrons. The molecule has 0 aliphatic heterocycles. The van der Waals surface area contributed by atoms with Gasteiger partial charge in [-0.3, -0.25) is 9.78 Å². The van der Waals surface area contributed by atoms with Gasteiger partial charge in [-0.2, -0.15) is 0 Å². The second-order valence-corrected chi connectivity index (χ2v) is 6.24. The number of aryl methyl sites for hydroxylation is 1. The van der Waals surface area contributed by atoms with Crippen molar-refractivity contribution in [3.05, 3.63) is 23.8 Å². The number of carbonyl (C=O) groups is 2. The Morgan fingerprint density at radius 1 is 1.26 bits per heavy atom. The summed E-state index contributed by atoms with van der Waals surface area (Å²) >= 11 is 0. The molecule has 0 aliphatic rings. The molecule has 0 aromatic carbocycles. The zero-order chi connectivity index (χ0) is 17.5. The largest absolute Gasteiger partial charge is 0.444 e. The number of carbonyl (C=O) groups excluding carboxylic acids is 2. The van der Waals surface area contributed by atoms with Crippen LogP contribution in [0.15, 0.2) is 12.4 Å². The molecule has 0 bridgehead atoms. The van der Waals surface area contributed by atoms with Gasteiger partial charge in [0.1, 0.15) is 11.3 Å². The van der Waals surface area contributed by atoms with Crippen molar-refractivity contribution >= 4 is 11.9 Å². The molecule has 0 saturated heterocycles. The van der Waals surface area contributed by atoms with E-state index in [4.69, 9.17) is 9.47 Å². The van der Waals surface area contributed by atoms with Crippen molar-refractivity contribution in [1.29, 1.82) is 0 Å². The molecule has 0 spiro atoms. The van der Waals surface area contributed by atoms with E-state index < -0.39 is 17.7 Å². The summed E-state index contributed by atoms with van der Waals surface area (Å²) < 4.78 is 10.3. The smallest absolute Gasteiger partial charge is 0.407 e. The molecular weight excluding hydrogens is 298 g/mol. The first-order valence-corrected chi connectivity index (χ1v) is 7.52. The lowest BCUT2D eigenvalue weighted by Crippen LogP contribution is -2.41. The molecule has 1 atom stereocenters. The van der Waals surface area contributed by atoms with Crippen molar-refractivity contribution in [2.45, 2.75) is 52.2 Å². The Labute approximate surface area is 136 Å². The van der Waals surface area contributed by atoms with Crippen molar-refractivity contribution < 1.29 is 19.1 Å². The van der Waals surface area contributed by atoms with Gasteiger partial charge in [0.2, 0.25) is 0 Å². The standard InChI is InChI=1S/C16H25N3O4/c1-11-14(18-8-7-17-11)13(20)10-12(6-9-22-5)19-15(21)23-16(2,3)4/h7-8,12H,6,9-10H2,1-5H3,(H,19,21). The van der Waals surface area contributed by atoms with E-state index in [1.54, 1.807) is 34.8 Å². The van der Waals surface area contributed by atoms with Crippen LogP contribution < -0.4 is 5.32 Å². The zero-order valence-corrected chi connectivity index (χ0v) is 14.4. The number of hydrogen-bond acceptors (Lipinski definition) is 6. The predicted octanol–water partition coefficient (Wildman–Crippen LogP) is 2.29. The molecule has 7 nitrogen and oxygen atoms in total. The number of nitrogens with zero attached hydrogens (tertiary/aromatic N) is 2. The Hall–Kier alpha value is -2.02. The molecule has 1 amide bonds. The lowest BCUT2D eigenvalue weighted by molar-refractivity contribution is 0.0490. The number of alkyl carbamates (subject to hydrolysis) is 1. The number of amides is 1. The Kier molecular flexibility index (Phi) is 7.09. The third-order valence-corrected chi connectivity index (χ3v) is 2.97. The van der Waals surface area contributed by atoms with E-state index in [9.17, 15) is 9.59 Å². The number of rotatable bonds is 7. The van der Waals surface area contributed by atoms with Crippen molar-refractivity contribution in [1.82, 2.24) is 15.3 Å². The summed E-state index contributed by atoms with van der Waals surface area (Å²) in [6.07, 6.45) is 3.07. The van der Waals surface area contributed by atoms with Crippen LogP contribution in [0.25, 0.3) is 0 Å². The van der Waals surface area contributed by atoms with Crippen LogP contribution in [-0.4, -0.2) is 47.2 Å². The lowest BCUT2D eigenvalue weighted by atomic mass is 10.0. The molecule has 1 aromatic rings. The first kappa shape index (κ1) is 19.0. The summed E-state index contributed by atoms with van der Waals surface area (Å²) in [4.78, 5) is 32.4. The number of ether oxygens (including phenoxy) is 2. The quantitative estimate of drug-likeness (QED) is 0.774. The maximum Gasteiger partial charge on any atom is 0.407 e. The van der Waals surface area contributed by atoms with Crippen LogP contribution in [0.3, 0.4) is 0 Å². The number of Topliss-reactive ketones (excluding diaryl/α,β-unsaturated/α-hetero) is 1. The maximum atomic E-state index is 12.4. The van der Waals surface area contributed by atoms with E-state index in [1.165, 1.54) is 12.4 Å². The number of ketones is 1. The van der Waals surface area contributed by atoms with Gasteiger partial charge in [-0.25, -0.2) is 9.78 Å². The second kappa shape index (κ2) is 8.57. The molecule has 1 aromatic heterocycles. The molecule has 1 heterocycles. The van der Waals surface area contributed by atoms with Crippen molar-refractivity contribution in [2.75, 3.05) is 13.7 Å². The van der Waals surface area contributed by atoms with E-state index in [-0.39, 0.29) is 12.2 Å². The minimum Gasteiger partial charge on any atom is -0.444 e. The maximum absolute atomic E-state index is 12.4. The van der Waals surface area contributed by atoms with Crippen molar-refractivity contribution in [3.8, 4) is 0 Å². The minimum atomic E-state index is -0.596. The third-order valence-electron chi connectivity index (χ3n) is 2.97. The first-order valence-electron chi connectivity index (χ1n) is 7.52. The molecule has 1 rings (SSSR count). The van der Waals surface area contributed by atoms with Crippen LogP contribution in [-0.2, 0) is 9.47 Å². The van der Waals surface area contributed by atoms with Crippen LogP contribution in [0, 0.1) is 6.92 Å². The van der Waals surface area contributed by atoms with Crippen LogP contribution in [0.1, 0.15) is 49.8 Å². The number of methoxy groups -OCH3 is 1. The van der Waals surface area contributed by atoms with Crippen LogP contribution >= 0.6 is 0 Å². The third kappa shape index (κ3) is 7.19. The van der Waals surface area contributed by atoms with E-state index in [1.807, 2.05) is 0 Å². The van der Waals surface area contributed by atoms with E-state index in [2.05, 4.69) is 15.3 Å². The summed E-state index contributed by atoms with van der Waals surface area (Å²) in [5.41, 5.74) is 0.294. The van der Waals surface area contributed by atoms with Crippen LogP contribution in [0.5, 0.6) is 0 Å². The second-order valence-electron chi connectivity index (χ2n) is 6.24. The molecule has 7 heteroatoms. The summed E-state index contributed by atoms with van der Waals surface area (Å²) in [6.45, 7) is 7.50. The monoisotopic (exact) mass is 323 g/mol. The number of nitrogens with one attached hydrogen (secondary N) is 1. The summed E-state index contributed by atoms with van der Waals surface area (Å²) in [7, 11) is 1.57. The minimum absolute atomic E-state index is 0.113. The molecule has 1 unspecified atom stereocenters. The normalized spacial score (nSPS) is 12.6. The molecule has 0 fully saturated rings. The summed E-state index contributed by atoms with van der Waals surface area (Å²) in [5, 5.41) is 2.72. The van der Waals surface area contributed by atoms with Crippen LogP contribution in [0.4, 0.5) is 4.79 Å². The fourth-order valence-corrected chi connectivity index (χ4v) is 1.96. The van der Waals surface area contributed by atoms with Crippen LogP contribution in [0.2, 0.25) is 0 Å². The van der Waals surface area contributed by atoms with Crippen molar-refractivity contribution in [2.24, 2.45) is 0 Å². The summed E-state index contributed by atoms with van der Waals surface area (Å²) in [5.74, 6) is -0.173. The average Bonchev–Trinajstić information content (AvgIpc) is 2.43. The molecule has 1 N–H and O–H groups in total. The highest BCUT2D eigenvalue weighted by Crippen LogP contribution is 2.11. The summed E-state index contributed by atoms with van der Waals surface area (Å²) in [6, 6.07) is -0.390. The topological polar surface area (TPSA) is 90.4 Å². The zero-order valence-electron chi connectivity index (χ0n) is 14.4. The van der Waals surface area contributed by atoms with E-state index in [0.29, 0.717) is 24.4 Å². The first-order chi connectivity index (χ1) is 10.7. The molecule has 128 valence electrons. The highest BCUT2D eigenvalue weighted by atomic mass is 16.6. The van der Waals surface area contributed by atoms with E-state index >= 15 is 0 Å². The van der Waals surface area contributed by atoms with Gasteiger partial charge in [0.15, 0.2) is 5.78 Å².